The monoisotopic (exact) mass is 412 g/mol. The molecular formula is C22H25ClN4O2. The number of ether oxygens (including phenoxy) is 1. The van der Waals surface area contributed by atoms with Gasteiger partial charge in [-0.05, 0) is 51.1 Å². The maximum Gasteiger partial charge on any atom is 0.410 e. The number of hydrogen-bond donors (Lipinski definition) is 1. The summed E-state index contributed by atoms with van der Waals surface area (Å²) in [6.45, 7) is 8.36. The number of imidazole rings is 1. The summed E-state index contributed by atoms with van der Waals surface area (Å²) in [6, 6.07) is 13.9. The van der Waals surface area contributed by atoms with Crippen LogP contribution in [-0.4, -0.2) is 52.7 Å². The van der Waals surface area contributed by atoms with Gasteiger partial charge in [-0.2, -0.15) is 0 Å². The minimum Gasteiger partial charge on any atom is -0.444 e. The van der Waals surface area contributed by atoms with Gasteiger partial charge < -0.3 is 19.5 Å². The predicted molar refractivity (Wildman–Crippen MR) is 117 cm³/mol. The van der Waals surface area contributed by atoms with Gasteiger partial charge in [0.15, 0.2) is 0 Å². The van der Waals surface area contributed by atoms with Crippen LogP contribution in [0.5, 0.6) is 0 Å². The van der Waals surface area contributed by atoms with Gasteiger partial charge in [0, 0.05) is 37.4 Å². The van der Waals surface area contributed by atoms with Gasteiger partial charge in [-0.3, -0.25) is 0 Å². The summed E-state index contributed by atoms with van der Waals surface area (Å²) in [4.78, 5) is 24.2. The van der Waals surface area contributed by atoms with Crippen LogP contribution in [0.4, 0.5) is 10.5 Å². The topological polar surface area (TPSA) is 61.5 Å². The van der Waals surface area contributed by atoms with Crippen LogP contribution < -0.4 is 4.90 Å². The van der Waals surface area contributed by atoms with Gasteiger partial charge in [-0.1, -0.05) is 23.7 Å². The van der Waals surface area contributed by atoms with Gasteiger partial charge >= 0.3 is 6.09 Å². The maximum absolute atomic E-state index is 12.2. The number of para-hydroxylation sites is 2. The molecule has 4 rings (SSSR count). The highest BCUT2D eigenvalue weighted by molar-refractivity contribution is 6.33. The average Bonchev–Trinajstić information content (AvgIpc) is 3.10. The van der Waals surface area contributed by atoms with Gasteiger partial charge in [0.25, 0.3) is 0 Å². The van der Waals surface area contributed by atoms with Crippen LogP contribution in [0, 0.1) is 0 Å². The van der Waals surface area contributed by atoms with E-state index in [4.69, 9.17) is 16.3 Å². The van der Waals surface area contributed by atoms with Crippen molar-refractivity contribution in [3.05, 3.63) is 47.5 Å². The average molecular weight is 413 g/mol. The molecule has 0 bridgehead atoms. The molecule has 1 amide bonds. The molecular weight excluding hydrogens is 388 g/mol. The number of aromatic nitrogens is 2. The lowest BCUT2D eigenvalue weighted by atomic mass is 10.1. The molecule has 2 heterocycles. The second kappa shape index (κ2) is 7.59. The summed E-state index contributed by atoms with van der Waals surface area (Å²) < 4.78 is 5.46. The lowest BCUT2D eigenvalue weighted by Gasteiger charge is -2.36. The molecule has 0 spiro atoms. The number of nitrogens with zero attached hydrogens (tertiary/aromatic N) is 3. The number of piperazine rings is 1. The van der Waals surface area contributed by atoms with Gasteiger partial charge in [0.2, 0.25) is 0 Å². The van der Waals surface area contributed by atoms with Crippen LogP contribution in [0.1, 0.15) is 20.8 Å². The molecule has 1 aromatic heterocycles. The first-order chi connectivity index (χ1) is 13.8. The van der Waals surface area contributed by atoms with E-state index in [1.54, 1.807) is 4.90 Å². The molecule has 0 unspecified atom stereocenters. The van der Waals surface area contributed by atoms with Gasteiger partial charge in [0.05, 0.1) is 16.1 Å². The van der Waals surface area contributed by atoms with E-state index < -0.39 is 5.60 Å². The van der Waals surface area contributed by atoms with Crippen LogP contribution in [-0.2, 0) is 4.74 Å². The molecule has 3 aromatic rings. The van der Waals surface area contributed by atoms with Crippen molar-refractivity contribution in [3.63, 3.8) is 0 Å². The van der Waals surface area contributed by atoms with Crippen LogP contribution in [0.25, 0.3) is 22.4 Å². The number of carbonyl (C=O) groups excluding carboxylic acids is 1. The highest BCUT2D eigenvalue weighted by atomic mass is 35.5. The number of anilines is 1. The van der Waals surface area contributed by atoms with Crippen molar-refractivity contribution < 1.29 is 9.53 Å². The number of nitrogens with one attached hydrogen (secondary N) is 1. The smallest absolute Gasteiger partial charge is 0.410 e. The summed E-state index contributed by atoms with van der Waals surface area (Å²) in [5.41, 5.74) is 3.34. The van der Waals surface area contributed by atoms with Crippen LogP contribution in [0.15, 0.2) is 42.5 Å². The predicted octanol–water partition coefficient (Wildman–Crippen LogP) is 4.94. The van der Waals surface area contributed by atoms with E-state index in [0.29, 0.717) is 18.1 Å². The largest absolute Gasteiger partial charge is 0.444 e. The number of amides is 1. The Kier molecular flexibility index (Phi) is 5.13. The number of aromatic amines is 1. The standard InChI is InChI=1S/C22H25ClN4O2/c1-22(2,3)29-21(28)27-12-10-26(11-13-27)15-8-9-16(17(23)14-15)20-24-18-6-4-5-7-19(18)25-20/h4-9,14H,10-13H2,1-3H3,(H,24,25). The molecule has 1 aliphatic rings. The molecule has 2 aromatic carbocycles. The van der Waals surface area contributed by atoms with E-state index in [0.717, 1.165) is 41.2 Å². The van der Waals surface area contributed by atoms with Crippen molar-refractivity contribution in [2.45, 2.75) is 26.4 Å². The van der Waals surface area contributed by atoms with Crippen LogP contribution in [0.3, 0.4) is 0 Å². The second-order valence-electron chi connectivity index (χ2n) is 8.22. The van der Waals surface area contributed by atoms with E-state index in [2.05, 4.69) is 20.9 Å². The molecule has 6 nitrogen and oxygen atoms in total. The molecule has 0 saturated carbocycles. The number of rotatable bonds is 2. The summed E-state index contributed by atoms with van der Waals surface area (Å²) in [7, 11) is 0. The quantitative estimate of drug-likeness (QED) is 0.647. The van der Waals surface area contributed by atoms with Crippen LogP contribution in [0.2, 0.25) is 5.02 Å². The Hall–Kier alpha value is -2.73. The minimum absolute atomic E-state index is 0.254. The molecule has 0 radical (unpaired) electrons. The normalized spacial score (nSPS) is 15.0. The second-order valence-corrected chi connectivity index (χ2v) is 8.63. The summed E-state index contributed by atoms with van der Waals surface area (Å²) >= 11 is 6.59. The molecule has 1 aliphatic heterocycles. The number of benzene rings is 2. The van der Waals surface area contributed by atoms with E-state index in [1.165, 1.54) is 0 Å². The fourth-order valence-corrected chi connectivity index (χ4v) is 3.71. The minimum atomic E-state index is -0.478. The van der Waals surface area contributed by atoms with Crippen molar-refractivity contribution in [2.75, 3.05) is 31.1 Å². The third-order valence-electron chi connectivity index (χ3n) is 4.89. The first-order valence-electron chi connectivity index (χ1n) is 9.78. The summed E-state index contributed by atoms with van der Waals surface area (Å²) in [5, 5.41) is 0.649. The van der Waals surface area contributed by atoms with Crippen molar-refractivity contribution in [1.82, 2.24) is 14.9 Å². The zero-order valence-corrected chi connectivity index (χ0v) is 17.7. The van der Waals surface area contributed by atoms with E-state index >= 15 is 0 Å². The lowest BCUT2D eigenvalue weighted by molar-refractivity contribution is 0.0240. The zero-order chi connectivity index (χ0) is 20.6. The highest BCUT2D eigenvalue weighted by Crippen LogP contribution is 2.31. The van der Waals surface area contributed by atoms with Crippen molar-refractivity contribution in [1.29, 1.82) is 0 Å². The van der Waals surface area contributed by atoms with Gasteiger partial charge in [-0.15, -0.1) is 0 Å². The lowest BCUT2D eigenvalue weighted by Crippen LogP contribution is -2.50. The maximum atomic E-state index is 12.2. The Morgan fingerprint density at radius 1 is 1.10 bits per heavy atom. The van der Waals surface area contributed by atoms with Crippen molar-refractivity contribution in [2.24, 2.45) is 0 Å². The first-order valence-corrected chi connectivity index (χ1v) is 10.2. The highest BCUT2D eigenvalue weighted by Gasteiger charge is 2.26. The van der Waals surface area contributed by atoms with E-state index in [-0.39, 0.29) is 6.09 Å². The molecule has 152 valence electrons. The van der Waals surface area contributed by atoms with Gasteiger partial charge in [-0.25, -0.2) is 9.78 Å². The Balaban J connectivity index is 1.45. The number of fused-ring (bicyclic) bond motifs is 1. The Labute approximate surface area is 175 Å². The third kappa shape index (κ3) is 4.32. The Morgan fingerprint density at radius 2 is 1.83 bits per heavy atom. The molecule has 29 heavy (non-hydrogen) atoms. The number of H-pyrrole nitrogens is 1. The Bertz CT molecular complexity index is 1000. The molecule has 7 heteroatoms. The zero-order valence-electron chi connectivity index (χ0n) is 16.9. The number of carbonyl (C=O) groups is 1. The first kappa shape index (κ1) is 19.6. The fraction of sp³-hybridized carbons (Fsp3) is 0.364. The SMILES string of the molecule is CC(C)(C)OC(=O)N1CCN(c2ccc(-c3nc4ccccc4[nH]3)c(Cl)c2)CC1. The number of halogens is 1. The molecule has 0 atom stereocenters. The summed E-state index contributed by atoms with van der Waals surface area (Å²) in [5.74, 6) is 0.762. The van der Waals surface area contributed by atoms with E-state index in [1.807, 2.05) is 57.2 Å². The molecule has 1 N–H and O–H groups in total. The molecule has 1 saturated heterocycles. The molecule has 0 aliphatic carbocycles. The number of hydrogen-bond acceptors (Lipinski definition) is 4. The Morgan fingerprint density at radius 3 is 2.48 bits per heavy atom. The molecule has 1 fully saturated rings. The fourth-order valence-electron chi connectivity index (χ4n) is 3.45. The van der Waals surface area contributed by atoms with Crippen molar-refractivity contribution in [3.8, 4) is 11.4 Å². The van der Waals surface area contributed by atoms with Crippen molar-refractivity contribution >= 4 is 34.4 Å². The third-order valence-corrected chi connectivity index (χ3v) is 5.21. The van der Waals surface area contributed by atoms with Gasteiger partial charge in [0.1, 0.15) is 11.4 Å². The van der Waals surface area contributed by atoms with E-state index in [9.17, 15) is 4.79 Å². The summed E-state index contributed by atoms with van der Waals surface area (Å²) in [6.07, 6.45) is -0.254. The van der Waals surface area contributed by atoms with Crippen LogP contribution >= 0.6 is 11.6 Å².